The molecule has 0 aliphatic carbocycles. The summed E-state index contributed by atoms with van der Waals surface area (Å²) in [6.07, 6.45) is 3.48. The normalized spacial score (nSPS) is 9.77. The highest BCUT2D eigenvalue weighted by molar-refractivity contribution is 5.97. The quantitative estimate of drug-likeness (QED) is 0.657. The molecule has 3 rings (SSSR count). The number of nitrogens with two attached hydrogens (primary N) is 1. The number of benzene rings is 2. The monoisotopic (exact) mass is 350 g/mol. The first-order chi connectivity index (χ1) is 12.6. The van der Waals surface area contributed by atoms with Crippen molar-refractivity contribution in [2.75, 3.05) is 17.2 Å². The van der Waals surface area contributed by atoms with Crippen LogP contribution in [-0.2, 0) is 4.79 Å². The number of rotatable bonds is 5. The number of nitrogens with one attached hydrogen (secondary N) is 2. The third-order valence-corrected chi connectivity index (χ3v) is 3.52. The molecule has 0 bridgehead atoms. The maximum atomic E-state index is 12.1. The van der Waals surface area contributed by atoms with Crippen molar-refractivity contribution in [3.63, 3.8) is 0 Å². The van der Waals surface area contributed by atoms with Gasteiger partial charge in [0.25, 0.3) is 0 Å². The van der Waals surface area contributed by atoms with E-state index in [1.807, 2.05) is 38.1 Å². The first kappa shape index (κ1) is 18.9. The fourth-order valence-electron chi connectivity index (χ4n) is 2.33. The second-order valence-corrected chi connectivity index (χ2v) is 5.28. The summed E-state index contributed by atoms with van der Waals surface area (Å²) >= 11 is 0. The number of nitrogens with zero attached hydrogens (tertiary/aromatic N) is 1. The minimum Gasteiger partial charge on any atom is -0.376 e. The molecule has 0 aliphatic heterocycles. The van der Waals surface area contributed by atoms with Gasteiger partial charge < -0.3 is 16.4 Å². The number of hydrogen-bond donors (Lipinski definition) is 3. The fraction of sp³-hybridized carbons (Fsp3) is 0.150. The molecule has 6 heteroatoms. The first-order valence-electron chi connectivity index (χ1n) is 8.39. The molecule has 4 N–H and O–H groups in total. The molecule has 1 aromatic heterocycles. The van der Waals surface area contributed by atoms with Gasteiger partial charge in [0.2, 0.25) is 11.8 Å². The van der Waals surface area contributed by atoms with Gasteiger partial charge in [-0.15, -0.1) is 0 Å². The zero-order chi connectivity index (χ0) is 18.9. The highest BCUT2D eigenvalue weighted by Gasteiger charge is 2.05. The van der Waals surface area contributed by atoms with Crippen molar-refractivity contribution in [1.82, 2.24) is 4.98 Å². The van der Waals surface area contributed by atoms with Gasteiger partial charge in [0, 0.05) is 34.7 Å². The van der Waals surface area contributed by atoms with E-state index in [0.29, 0.717) is 16.9 Å². The van der Waals surface area contributed by atoms with Gasteiger partial charge in [-0.1, -0.05) is 26.0 Å². The largest absolute Gasteiger partial charge is 0.376 e. The maximum absolute atomic E-state index is 12.1. The van der Waals surface area contributed by atoms with Gasteiger partial charge >= 0.3 is 0 Å². The number of carbonyl (C=O) groups excluding carboxylic acids is 2. The molecule has 0 spiro atoms. The van der Waals surface area contributed by atoms with E-state index in [1.54, 1.807) is 36.7 Å². The highest BCUT2D eigenvalue weighted by Crippen LogP contribution is 2.18. The molecule has 0 fully saturated rings. The Balaban J connectivity index is 0.00000117. The van der Waals surface area contributed by atoms with Crippen LogP contribution in [0.4, 0.5) is 11.4 Å². The zero-order valence-electron chi connectivity index (χ0n) is 14.8. The molecule has 3 aromatic rings. The number of pyridine rings is 1. The van der Waals surface area contributed by atoms with E-state index in [1.165, 1.54) is 0 Å². The molecular formula is C20H22N4O2. The Hall–Kier alpha value is -3.41. The van der Waals surface area contributed by atoms with Crippen molar-refractivity contribution in [2.24, 2.45) is 5.73 Å². The van der Waals surface area contributed by atoms with E-state index in [0.717, 1.165) is 10.8 Å². The molecule has 0 saturated carbocycles. The van der Waals surface area contributed by atoms with Gasteiger partial charge in [0.15, 0.2) is 0 Å². The molecule has 0 unspecified atom stereocenters. The van der Waals surface area contributed by atoms with Gasteiger partial charge in [-0.05, 0) is 41.8 Å². The molecule has 6 nitrogen and oxygen atoms in total. The van der Waals surface area contributed by atoms with Crippen LogP contribution in [0.1, 0.15) is 24.2 Å². The van der Waals surface area contributed by atoms with Crippen molar-refractivity contribution in [3.8, 4) is 0 Å². The lowest BCUT2D eigenvalue weighted by molar-refractivity contribution is -0.114. The van der Waals surface area contributed by atoms with Crippen LogP contribution in [0.15, 0.2) is 60.9 Å². The number of amides is 2. The smallest absolute Gasteiger partial charge is 0.248 e. The minimum atomic E-state index is -0.506. The summed E-state index contributed by atoms with van der Waals surface area (Å²) < 4.78 is 0. The Bertz CT molecular complexity index is 909. The number of anilines is 2. The van der Waals surface area contributed by atoms with Crippen molar-refractivity contribution in [1.29, 1.82) is 0 Å². The van der Waals surface area contributed by atoms with Crippen LogP contribution in [0.3, 0.4) is 0 Å². The Morgan fingerprint density at radius 3 is 2.58 bits per heavy atom. The van der Waals surface area contributed by atoms with E-state index in [-0.39, 0.29) is 12.5 Å². The highest BCUT2D eigenvalue weighted by atomic mass is 16.2. The summed E-state index contributed by atoms with van der Waals surface area (Å²) in [6.45, 7) is 4.08. The Morgan fingerprint density at radius 1 is 1.00 bits per heavy atom. The molecule has 0 atom stereocenters. The number of hydrogen-bond acceptors (Lipinski definition) is 4. The molecule has 0 saturated heterocycles. The third-order valence-electron chi connectivity index (χ3n) is 3.52. The van der Waals surface area contributed by atoms with Crippen LogP contribution in [0, 0.1) is 0 Å². The molecule has 134 valence electrons. The van der Waals surface area contributed by atoms with Crippen LogP contribution >= 0.6 is 0 Å². The molecule has 2 amide bonds. The van der Waals surface area contributed by atoms with Crippen molar-refractivity contribution in [3.05, 3.63) is 66.5 Å². The summed E-state index contributed by atoms with van der Waals surface area (Å²) in [5.74, 6) is -0.693. The van der Waals surface area contributed by atoms with E-state index in [9.17, 15) is 9.59 Å². The second kappa shape index (κ2) is 9.17. The molecule has 1 heterocycles. The second-order valence-electron chi connectivity index (χ2n) is 5.28. The van der Waals surface area contributed by atoms with Crippen molar-refractivity contribution < 1.29 is 9.59 Å². The average molecular weight is 350 g/mol. The number of carbonyl (C=O) groups is 2. The molecular weight excluding hydrogens is 328 g/mol. The lowest BCUT2D eigenvalue weighted by atomic mass is 10.1. The fourth-order valence-corrected chi connectivity index (χ4v) is 2.33. The lowest BCUT2D eigenvalue weighted by Gasteiger charge is -2.09. The van der Waals surface area contributed by atoms with E-state index < -0.39 is 5.91 Å². The van der Waals surface area contributed by atoms with Gasteiger partial charge in [-0.3, -0.25) is 14.6 Å². The summed E-state index contributed by atoms with van der Waals surface area (Å²) in [4.78, 5) is 27.3. The summed E-state index contributed by atoms with van der Waals surface area (Å²) in [5, 5.41) is 7.81. The average Bonchev–Trinajstić information content (AvgIpc) is 2.68. The predicted molar refractivity (Wildman–Crippen MR) is 105 cm³/mol. The van der Waals surface area contributed by atoms with Crippen LogP contribution in [0.2, 0.25) is 0 Å². The van der Waals surface area contributed by atoms with E-state index in [2.05, 4.69) is 15.6 Å². The SMILES string of the molecule is CC.NC(=O)c1cccc(NCC(=O)Nc2ccc3cnccc3c2)c1. The Morgan fingerprint density at radius 2 is 1.81 bits per heavy atom. The van der Waals surface area contributed by atoms with Crippen LogP contribution < -0.4 is 16.4 Å². The molecule has 0 radical (unpaired) electrons. The van der Waals surface area contributed by atoms with Gasteiger partial charge in [-0.25, -0.2) is 0 Å². The van der Waals surface area contributed by atoms with Gasteiger partial charge in [-0.2, -0.15) is 0 Å². The number of primary amides is 1. The maximum Gasteiger partial charge on any atom is 0.248 e. The topological polar surface area (TPSA) is 97.1 Å². The molecule has 26 heavy (non-hydrogen) atoms. The third kappa shape index (κ3) is 5.04. The van der Waals surface area contributed by atoms with Gasteiger partial charge in [0.05, 0.1) is 6.54 Å². The van der Waals surface area contributed by atoms with E-state index in [4.69, 9.17) is 5.73 Å². The summed E-state index contributed by atoms with van der Waals surface area (Å²) in [7, 11) is 0. The van der Waals surface area contributed by atoms with Gasteiger partial charge in [0.1, 0.15) is 0 Å². The van der Waals surface area contributed by atoms with Crippen molar-refractivity contribution >= 4 is 34.0 Å². The Labute approximate surface area is 152 Å². The minimum absolute atomic E-state index is 0.0800. The standard InChI is InChI=1S/C18H16N4O2.C2H6/c19-18(24)13-2-1-3-15(9-13)21-11-17(23)22-16-5-4-14-10-20-7-6-12(14)8-16;1-2/h1-10,21H,11H2,(H2,19,24)(H,22,23);1-2H3. The predicted octanol–water partition coefficient (Wildman–Crippen LogP) is 3.41. The van der Waals surface area contributed by atoms with Crippen LogP contribution in [0.25, 0.3) is 10.8 Å². The van der Waals surface area contributed by atoms with Crippen LogP contribution in [0.5, 0.6) is 0 Å². The Kier molecular flexibility index (Phi) is 6.68. The number of aromatic nitrogens is 1. The first-order valence-corrected chi connectivity index (χ1v) is 8.39. The van der Waals surface area contributed by atoms with E-state index >= 15 is 0 Å². The van der Waals surface area contributed by atoms with Crippen LogP contribution in [-0.4, -0.2) is 23.3 Å². The lowest BCUT2D eigenvalue weighted by Crippen LogP contribution is -2.22. The molecule has 0 aliphatic rings. The summed E-state index contributed by atoms with van der Waals surface area (Å²) in [6, 6.07) is 14.2. The summed E-state index contributed by atoms with van der Waals surface area (Å²) in [5.41, 5.74) is 7.00. The van der Waals surface area contributed by atoms with Crippen molar-refractivity contribution in [2.45, 2.75) is 13.8 Å². The molecule has 2 aromatic carbocycles. The number of fused-ring (bicyclic) bond motifs is 1. The zero-order valence-corrected chi connectivity index (χ0v) is 14.8.